The van der Waals surface area contributed by atoms with Crippen molar-refractivity contribution >= 4 is 17.7 Å². The fourth-order valence-corrected chi connectivity index (χ4v) is 4.88. The van der Waals surface area contributed by atoms with Gasteiger partial charge in [0.2, 0.25) is 6.17 Å². The number of halogens is 1. The molecule has 1 aliphatic heterocycles. The van der Waals surface area contributed by atoms with E-state index in [0.717, 1.165) is 62.5 Å². The lowest BCUT2D eigenvalue weighted by atomic mass is 10.1. The van der Waals surface area contributed by atoms with E-state index in [9.17, 15) is 19.1 Å². The first-order chi connectivity index (χ1) is 20.0. The molecule has 9 heteroatoms. The third kappa shape index (κ3) is 9.56. The highest BCUT2D eigenvalue weighted by Gasteiger charge is 2.26. The molecule has 41 heavy (non-hydrogen) atoms. The number of para-hydroxylation sites is 1. The smallest absolute Gasteiger partial charge is 0.326 e. The van der Waals surface area contributed by atoms with Crippen LogP contribution in [0.15, 0.2) is 72.8 Å². The molecule has 2 unspecified atom stereocenters. The van der Waals surface area contributed by atoms with Gasteiger partial charge in [0.25, 0.3) is 5.91 Å². The van der Waals surface area contributed by atoms with Crippen LogP contribution in [0, 0.1) is 0 Å². The summed E-state index contributed by atoms with van der Waals surface area (Å²) in [6.07, 6.45) is 3.09. The van der Waals surface area contributed by atoms with Crippen LogP contribution >= 0.6 is 0 Å². The molecule has 2 aromatic carbocycles. The standard InChI is InChI=1S/C32H39FN4O4/c33-29(24-10-3-1-4-11-24)31(38)36-28(32(39)40)18-21-37(22-23-41-27-14-5-2-6-15-27)20-8-7-13-26-17-16-25-12-9-19-34-30(25)35-26/h1-6,10-11,14-17,28-29H,7-9,12-13,18-23H2,(H,34,35)(H,36,38)(H,39,40). The van der Waals surface area contributed by atoms with Gasteiger partial charge in [-0.25, -0.2) is 14.2 Å². The molecule has 0 radical (unpaired) electrons. The minimum atomic E-state index is -1.93. The predicted octanol–water partition coefficient (Wildman–Crippen LogP) is 4.81. The number of aromatic nitrogens is 1. The van der Waals surface area contributed by atoms with Crippen molar-refractivity contribution in [2.45, 2.75) is 50.7 Å². The maximum absolute atomic E-state index is 14.7. The number of benzene rings is 2. The van der Waals surface area contributed by atoms with Gasteiger partial charge in [-0.3, -0.25) is 9.69 Å². The topological polar surface area (TPSA) is 104 Å². The molecule has 1 aliphatic rings. The summed E-state index contributed by atoms with van der Waals surface area (Å²) < 4.78 is 20.5. The average Bonchev–Trinajstić information content (AvgIpc) is 3.01. The summed E-state index contributed by atoms with van der Waals surface area (Å²) in [6.45, 7) is 3.13. The molecule has 218 valence electrons. The van der Waals surface area contributed by atoms with Gasteiger partial charge in [-0.1, -0.05) is 54.6 Å². The second-order valence-corrected chi connectivity index (χ2v) is 10.3. The predicted molar refractivity (Wildman–Crippen MR) is 157 cm³/mol. The molecule has 0 saturated heterocycles. The number of carboxylic acids is 1. The number of fused-ring (bicyclic) bond motifs is 1. The first-order valence-corrected chi connectivity index (χ1v) is 14.3. The maximum Gasteiger partial charge on any atom is 0.326 e. The van der Waals surface area contributed by atoms with Crippen LogP contribution in [-0.2, 0) is 22.4 Å². The molecule has 1 amide bonds. The highest BCUT2D eigenvalue weighted by molar-refractivity contribution is 5.87. The number of hydrogen-bond donors (Lipinski definition) is 3. The van der Waals surface area contributed by atoms with Gasteiger partial charge in [-0.2, -0.15) is 0 Å². The van der Waals surface area contributed by atoms with Crippen LogP contribution in [-0.4, -0.2) is 65.7 Å². The molecule has 3 aromatic rings. The maximum atomic E-state index is 14.7. The summed E-state index contributed by atoms with van der Waals surface area (Å²) >= 11 is 0. The first kappa shape index (κ1) is 30.0. The second-order valence-electron chi connectivity index (χ2n) is 10.3. The quantitative estimate of drug-likeness (QED) is 0.215. The molecule has 0 fully saturated rings. The number of ether oxygens (including phenoxy) is 1. The fraction of sp³-hybridized carbons (Fsp3) is 0.406. The minimum absolute atomic E-state index is 0.145. The van der Waals surface area contributed by atoms with E-state index in [1.54, 1.807) is 18.2 Å². The van der Waals surface area contributed by atoms with Crippen LogP contribution in [0.4, 0.5) is 10.2 Å². The molecule has 0 bridgehead atoms. The van der Waals surface area contributed by atoms with E-state index in [2.05, 4.69) is 27.7 Å². The number of pyridine rings is 1. The zero-order valence-corrected chi connectivity index (χ0v) is 23.3. The Morgan fingerprint density at radius 1 is 1.00 bits per heavy atom. The third-order valence-electron chi connectivity index (χ3n) is 7.20. The van der Waals surface area contributed by atoms with Gasteiger partial charge in [0.05, 0.1) is 0 Å². The summed E-state index contributed by atoms with van der Waals surface area (Å²) in [5, 5.41) is 15.5. The molecular formula is C32H39FN4O4. The number of nitrogens with one attached hydrogen (secondary N) is 2. The van der Waals surface area contributed by atoms with E-state index >= 15 is 0 Å². The Morgan fingerprint density at radius 3 is 2.51 bits per heavy atom. The molecule has 8 nitrogen and oxygen atoms in total. The van der Waals surface area contributed by atoms with Crippen LogP contribution in [0.1, 0.15) is 48.7 Å². The molecule has 4 rings (SSSR count). The number of alkyl halides is 1. The Labute approximate surface area is 240 Å². The van der Waals surface area contributed by atoms with Gasteiger partial charge in [0, 0.05) is 25.3 Å². The van der Waals surface area contributed by atoms with Gasteiger partial charge in [-0.15, -0.1) is 0 Å². The third-order valence-corrected chi connectivity index (χ3v) is 7.20. The van der Waals surface area contributed by atoms with E-state index in [-0.39, 0.29) is 12.0 Å². The first-order valence-electron chi connectivity index (χ1n) is 14.3. The van der Waals surface area contributed by atoms with Gasteiger partial charge in [0.15, 0.2) is 0 Å². The number of anilines is 1. The highest BCUT2D eigenvalue weighted by atomic mass is 19.1. The van der Waals surface area contributed by atoms with Gasteiger partial charge < -0.3 is 20.5 Å². The Kier molecular flexibility index (Phi) is 11.5. The minimum Gasteiger partial charge on any atom is -0.492 e. The van der Waals surface area contributed by atoms with Crippen LogP contribution in [0.5, 0.6) is 5.75 Å². The summed E-state index contributed by atoms with van der Waals surface area (Å²) in [7, 11) is 0. The molecule has 1 aromatic heterocycles. The number of nitrogens with zero attached hydrogens (tertiary/aromatic N) is 2. The van der Waals surface area contributed by atoms with E-state index < -0.39 is 24.1 Å². The number of amides is 1. The van der Waals surface area contributed by atoms with Gasteiger partial charge >= 0.3 is 5.97 Å². The van der Waals surface area contributed by atoms with Gasteiger partial charge in [0.1, 0.15) is 24.2 Å². The lowest BCUT2D eigenvalue weighted by Crippen LogP contribution is -2.44. The van der Waals surface area contributed by atoms with E-state index in [1.165, 1.54) is 17.7 Å². The Balaban J connectivity index is 1.29. The Morgan fingerprint density at radius 2 is 1.76 bits per heavy atom. The normalized spacial score (nSPS) is 14.0. The van der Waals surface area contributed by atoms with Crippen molar-refractivity contribution in [3.05, 3.63) is 89.6 Å². The van der Waals surface area contributed by atoms with Crippen molar-refractivity contribution in [3.8, 4) is 5.75 Å². The van der Waals surface area contributed by atoms with Crippen molar-refractivity contribution < 1.29 is 23.8 Å². The number of unbranched alkanes of at least 4 members (excludes halogenated alkanes) is 1. The van der Waals surface area contributed by atoms with Crippen molar-refractivity contribution in [2.75, 3.05) is 38.1 Å². The fourth-order valence-electron chi connectivity index (χ4n) is 4.88. The van der Waals surface area contributed by atoms with Crippen LogP contribution in [0.3, 0.4) is 0 Å². The van der Waals surface area contributed by atoms with Crippen molar-refractivity contribution in [1.82, 2.24) is 15.2 Å². The lowest BCUT2D eigenvalue weighted by Gasteiger charge is -2.25. The van der Waals surface area contributed by atoms with Crippen LogP contribution in [0.2, 0.25) is 0 Å². The van der Waals surface area contributed by atoms with Crippen molar-refractivity contribution in [1.29, 1.82) is 0 Å². The van der Waals surface area contributed by atoms with E-state index in [4.69, 9.17) is 9.72 Å². The van der Waals surface area contributed by atoms with Crippen molar-refractivity contribution in [3.63, 3.8) is 0 Å². The number of carboxylic acid groups (broad SMARTS) is 1. The second kappa shape index (κ2) is 15.7. The summed E-state index contributed by atoms with van der Waals surface area (Å²) in [4.78, 5) is 31.3. The molecule has 3 N–H and O–H groups in total. The summed E-state index contributed by atoms with van der Waals surface area (Å²) in [5.41, 5.74) is 2.52. The van der Waals surface area contributed by atoms with Crippen molar-refractivity contribution in [2.24, 2.45) is 0 Å². The number of aliphatic carboxylic acids is 1. The molecular weight excluding hydrogens is 523 g/mol. The number of carbonyl (C=O) groups is 2. The Bertz CT molecular complexity index is 1240. The Hall–Kier alpha value is -3.98. The monoisotopic (exact) mass is 562 g/mol. The van der Waals surface area contributed by atoms with Crippen LogP contribution < -0.4 is 15.4 Å². The number of carbonyl (C=O) groups excluding carboxylic acids is 1. The number of hydrogen-bond acceptors (Lipinski definition) is 6. The summed E-state index contributed by atoms with van der Waals surface area (Å²) in [6, 6.07) is 20.6. The SMILES string of the molecule is O=C(O)C(CCN(CCCCc1ccc2c(n1)NCCC2)CCOc1ccccc1)NC(=O)C(F)c1ccccc1. The van der Waals surface area contributed by atoms with Gasteiger partial charge in [-0.05, 0) is 74.4 Å². The average molecular weight is 563 g/mol. The number of aryl methyl sites for hydroxylation is 2. The molecule has 2 atom stereocenters. The molecule has 0 saturated carbocycles. The van der Waals surface area contributed by atoms with E-state index in [1.807, 2.05) is 30.3 Å². The summed E-state index contributed by atoms with van der Waals surface area (Å²) in [5.74, 6) is -0.371. The van der Waals surface area contributed by atoms with Crippen LogP contribution in [0.25, 0.3) is 0 Å². The zero-order valence-electron chi connectivity index (χ0n) is 23.3. The lowest BCUT2D eigenvalue weighted by molar-refractivity contribution is -0.143. The number of rotatable bonds is 16. The largest absolute Gasteiger partial charge is 0.492 e. The zero-order chi connectivity index (χ0) is 28.9. The molecule has 0 aliphatic carbocycles. The van der Waals surface area contributed by atoms with E-state index in [0.29, 0.717) is 19.7 Å². The highest BCUT2D eigenvalue weighted by Crippen LogP contribution is 2.21. The molecule has 0 spiro atoms. The molecule has 2 heterocycles.